The van der Waals surface area contributed by atoms with Gasteiger partial charge in [-0.2, -0.15) is 0 Å². The molecule has 158 valence electrons. The highest BCUT2D eigenvalue weighted by molar-refractivity contribution is 7.98. The Morgan fingerprint density at radius 3 is 2.50 bits per heavy atom. The molecule has 0 spiro atoms. The van der Waals surface area contributed by atoms with Crippen LogP contribution in [0.15, 0.2) is 87.2 Å². The van der Waals surface area contributed by atoms with Gasteiger partial charge in [0.05, 0.1) is 22.3 Å². The molecule has 2 aromatic heterocycles. The lowest BCUT2D eigenvalue weighted by molar-refractivity contribution is 0.528. The Hall–Kier alpha value is -3.42. The first kappa shape index (κ1) is 20.5. The third-order valence-electron chi connectivity index (χ3n) is 4.92. The Bertz CT molecular complexity index is 1460. The number of fused-ring (bicyclic) bond motifs is 1. The van der Waals surface area contributed by atoms with Crippen LogP contribution in [0.5, 0.6) is 0 Å². The summed E-state index contributed by atoms with van der Waals surface area (Å²) in [6, 6.07) is 22.3. The number of aryl methyl sites for hydroxylation is 1. The molecule has 0 N–H and O–H groups in total. The molecule has 5 rings (SSSR count). The Morgan fingerprint density at radius 2 is 1.72 bits per heavy atom. The maximum Gasteiger partial charge on any atom is 0.266 e. The minimum Gasteiger partial charge on any atom is -0.420 e. The fourth-order valence-corrected chi connectivity index (χ4v) is 4.25. The predicted molar refractivity (Wildman–Crippen MR) is 126 cm³/mol. The maximum atomic E-state index is 13.3. The van der Waals surface area contributed by atoms with E-state index in [0.29, 0.717) is 38.6 Å². The van der Waals surface area contributed by atoms with Gasteiger partial charge >= 0.3 is 0 Å². The van der Waals surface area contributed by atoms with Crippen molar-refractivity contribution in [1.29, 1.82) is 0 Å². The molecule has 32 heavy (non-hydrogen) atoms. The van der Waals surface area contributed by atoms with Crippen LogP contribution in [0.2, 0.25) is 5.02 Å². The molecule has 6 nitrogen and oxygen atoms in total. The van der Waals surface area contributed by atoms with E-state index in [1.807, 2.05) is 61.5 Å². The van der Waals surface area contributed by atoms with E-state index in [1.165, 1.54) is 11.8 Å². The van der Waals surface area contributed by atoms with E-state index in [1.54, 1.807) is 22.8 Å². The minimum absolute atomic E-state index is 0.116. The van der Waals surface area contributed by atoms with Crippen LogP contribution < -0.4 is 5.56 Å². The Labute approximate surface area is 192 Å². The first-order valence-electron chi connectivity index (χ1n) is 9.88. The molecule has 0 bridgehead atoms. The van der Waals surface area contributed by atoms with Crippen molar-refractivity contribution >= 4 is 34.3 Å². The standard InChI is InChI=1S/C24H17ClN4O2S/c1-15-6-12-18(13-7-15)29-23(30)19-4-2-3-5-20(19)26-24(29)32-14-21-27-28-22(31-21)16-8-10-17(25)11-9-16/h2-13H,14H2,1H3. The lowest BCUT2D eigenvalue weighted by atomic mass is 10.2. The third-order valence-corrected chi connectivity index (χ3v) is 6.10. The van der Waals surface area contributed by atoms with Gasteiger partial charge in [-0.1, -0.05) is 53.2 Å². The van der Waals surface area contributed by atoms with Crippen LogP contribution in [0.4, 0.5) is 0 Å². The lowest BCUT2D eigenvalue weighted by Gasteiger charge is -2.13. The summed E-state index contributed by atoms with van der Waals surface area (Å²) in [5, 5.41) is 10.0. The summed E-state index contributed by atoms with van der Waals surface area (Å²) in [5.74, 6) is 1.23. The number of nitrogens with zero attached hydrogens (tertiary/aromatic N) is 4. The van der Waals surface area contributed by atoms with Crippen molar-refractivity contribution in [2.75, 3.05) is 0 Å². The van der Waals surface area contributed by atoms with Gasteiger partial charge in [-0.3, -0.25) is 9.36 Å². The molecule has 0 fully saturated rings. The van der Waals surface area contributed by atoms with Crippen molar-refractivity contribution in [2.24, 2.45) is 0 Å². The fraction of sp³-hybridized carbons (Fsp3) is 0.0833. The van der Waals surface area contributed by atoms with Gasteiger partial charge in [0.2, 0.25) is 11.8 Å². The molecular formula is C24H17ClN4O2S. The van der Waals surface area contributed by atoms with E-state index in [0.717, 1.165) is 16.8 Å². The topological polar surface area (TPSA) is 73.8 Å². The number of hydrogen-bond donors (Lipinski definition) is 0. The van der Waals surface area contributed by atoms with E-state index in [-0.39, 0.29) is 5.56 Å². The van der Waals surface area contributed by atoms with Crippen LogP contribution in [0.25, 0.3) is 28.0 Å². The van der Waals surface area contributed by atoms with Gasteiger partial charge in [0.25, 0.3) is 5.56 Å². The zero-order valence-corrected chi connectivity index (χ0v) is 18.6. The average molecular weight is 461 g/mol. The molecule has 0 amide bonds. The van der Waals surface area contributed by atoms with Crippen LogP contribution in [0.1, 0.15) is 11.5 Å². The molecule has 2 heterocycles. The number of rotatable bonds is 5. The Balaban J connectivity index is 1.50. The zero-order valence-electron chi connectivity index (χ0n) is 17.0. The second-order valence-corrected chi connectivity index (χ2v) is 8.56. The van der Waals surface area contributed by atoms with E-state index in [9.17, 15) is 4.79 Å². The SMILES string of the molecule is Cc1ccc(-n2c(SCc3nnc(-c4ccc(Cl)cc4)o3)nc3ccccc3c2=O)cc1. The predicted octanol–water partition coefficient (Wildman–Crippen LogP) is 5.69. The largest absolute Gasteiger partial charge is 0.420 e. The van der Waals surface area contributed by atoms with Crippen LogP contribution in [-0.4, -0.2) is 19.7 Å². The van der Waals surface area contributed by atoms with Gasteiger partial charge in [-0.25, -0.2) is 4.98 Å². The van der Waals surface area contributed by atoms with E-state index < -0.39 is 0 Å². The summed E-state index contributed by atoms with van der Waals surface area (Å²) in [6.45, 7) is 2.01. The summed E-state index contributed by atoms with van der Waals surface area (Å²) in [7, 11) is 0. The van der Waals surface area contributed by atoms with Gasteiger partial charge in [0, 0.05) is 10.6 Å². The zero-order chi connectivity index (χ0) is 22.1. The first-order chi connectivity index (χ1) is 15.6. The number of para-hydroxylation sites is 1. The molecule has 0 atom stereocenters. The monoisotopic (exact) mass is 460 g/mol. The number of halogens is 1. The quantitative estimate of drug-likeness (QED) is 0.248. The normalized spacial score (nSPS) is 11.2. The third kappa shape index (κ3) is 4.04. The average Bonchev–Trinajstić information content (AvgIpc) is 3.28. The highest BCUT2D eigenvalue weighted by atomic mass is 35.5. The van der Waals surface area contributed by atoms with Crippen molar-refractivity contribution in [1.82, 2.24) is 19.7 Å². The fourth-order valence-electron chi connectivity index (χ4n) is 3.28. The molecule has 0 aliphatic rings. The van der Waals surface area contributed by atoms with Crippen LogP contribution in [0, 0.1) is 6.92 Å². The number of hydrogen-bond acceptors (Lipinski definition) is 6. The van der Waals surface area contributed by atoms with E-state index in [2.05, 4.69) is 10.2 Å². The van der Waals surface area contributed by atoms with Gasteiger partial charge in [-0.15, -0.1) is 10.2 Å². The number of aromatic nitrogens is 4. The highest BCUT2D eigenvalue weighted by Crippen LogP contribution is 2.26. The second-order valence-electron chi connectivity index (χ2n) is 7.18. The summed E-state index contributed by atoms with van der Waals surface area (Å²) in [6.07, 6.45) is 0. The van der Waals surface area contributed by atoms with E-state index in [4.69, 9.17) is 21.0 Å². The van der Waals surface area contributed by atoms with Crippen LogP contribution in [0.3, 0.4) is 0 Å². The number of thioether (sulfide) groups is 1. The Morgan fingerprint density at radius 1 is 0.969 bits per heavy atom. The maximum absolute atomic E-state index is 13.3. The molecule has 0 saturated carbocycles. The molecule has 8 heteroatoms. The smallest absolute Gasteiger partial charge is 0.266 e. The minimum atomic E-state index is -0.116. The first-order valence-corrected chi connectivity index (χ1v) is 11.2. The molecule has 0 saturated heterocycles. The molecule has 0 unspecified atom stereocenters. The molecule has 3 aromatic carbocycles. The Kier molecular flexibility index (Phi) is 5.51. The summed E-state index contributed by atoms with van der Waals surface area (Å²) in [5.41, 5.74) is 3.20. The molecular weight excluding hydrogens is 444 g/mol. The van der Waals surface area contributed by atoms with Gasteiger partial charge in [0.15, 0.2) is 5.16 Å². The molecule has 0 aliphatic heterocycles. The van der Waals surface area contributed by atoms with Crippen molar-refractivity contribution < 1.29 is 4.42 Å². The summed E-state index contributed by atoms with van der Waals surface area (Å²) in [4.78, 5) is 18.1. The van der Waals surface area contributed by atoms with Crippen molar-refractivity contribution in [3.63, 3.8) is 0 Å². The van der Waals surface area contributed by atoms with Crippen molar-refractivity contribution in [2.45, 2.75) is 17.8 Å². The molecule has 0 aliphatic carbocycles. The van der Waals surface area contributed by atoms with Crippen LogP contribution >= 0.6 is 23.4 Å². The van der Waals surface area contributed by atoms with Crippen LogP contribution in [-0.2, 0) is 5.75 Å². The summed E-state index contributed by atoms with van der Waals surface area (Å²) >= 11 is 7.32. The van der Waals surface area contributed by atoms with Crippen molar-refractivity contribution in [3.05, 3.63) is 99.6 Å². The van der Waals surface area contributed by atoms with Gasteiger partial charge < -0.3 is 4.42 Å². The summed E-state index contributed by atoms with van der Waals surface area (Å²) < 4.78 is 7.44. The van der Waals surface area contributed by atoms with Gasteiger partial charge in [0.1, 0.15) is 0 Å². The van der Waals surface area contributed by atoms with Crippen molar-refractivity contribution in [3.8, 4) is 17.1 Å². The second kappa shape index (κ2) is 8.61. The molecule has 5 aromatic rings. The highest BCUT2D eigenvalue weighted by Gasteiger charge is 2.15. The lowest BCUT2D eigenvalue weighted by Crippen LogP contribution is -2.21. The van der Waals surface area contributed by atoms with Gasteiger partial charge in [-0.05, 0) is 55.5 Å². The number of benzene rings is 3. The molecule has 0 radical (unpaired) electrons. The van der Waals surface area contributed by atoms with E-state index >= 15 is 0 Å².